The highest BCUT2D eigenvalue weighted by Crippen LogP contribution is 2.29. The predicted octanol–water partition coefficient (Wildman–Crippen LogP) is 5.32. The fraction of sp³-hybridized carbons (Fsp3) is 0.368. The van der Waals surface area contributed by atoms with Gasteiger partial charge < -0.3 is 20.9 Å². The standard InChI is InChI=1S/C38H42N10O2/c1-26(29-7-5-28(6-8-29)23-37(49)42-20-19-41-35-15-13-33(24-39)44-46-35)3-4-27(2)30-9-11-32(12-10-30)43-38(50)31-17-21-48(22-18-31)36-16-14-34(25-40)45-47-36/h5-16,26-27,31H,3-4,17-23H2,1-2H3,(H,41,46)(H,42,49)(H,43,50). The smallest absolute Gasteiger partial charge is 0.227 e. The minimum Gasteiger partial charge on any atom is -0.367 e. The van der Waals surface area contributed by atoms with Gasteiger partial charge in [0.05, 0.1) is 6.42 Å². The number of hydrogen-bond donors (Lipinski definition) is 3. The van der Waals surface area contributed by atoms with E-state index in [4.69, 9.17) is 10.5 Å². The number of anilines is 3. The van der Waals surface area contributed by atoms with Crippen LogP contribution in [-0.4, -0.2) is 58.4 Å². The second-order valence-corrected chi connectivity index (χ2v) is 12.8. The second-order valence-electron chi connectivity index (χ2n) is 12.8. The minimum atomic E-state index is -0.0607. The van der Waals surface area contributed by atoms with Crippen molar-refractivity contribution in [3.8, 4) is 12.1 Å². The van der Waals surface area contributed by atoms with Gasteiger partial charge in [0.25, 0.3) is 0 Å². The van der Waals surface area contributed by atoms with Crippen LogP contribution in [0.25, 0.3) is 0 Å². The van der Waals surface area contributed by atoms with Gasteiger partial charge >= 0.3 is 0 Å². The fourth-order valence-electron chi connectivity index (χ4n) is 5.99. The summed E-state index contributed by atoms with van der Waals surface area (Å²) in [4.78, 5) is 27.5. The summed E-state index contributed by atoms with van der Waals surface area (Å²) in [7, 11) is 0. The van der Waals surface area contributed by atoms with Crippen molar-refractivity contribution in [2.45, 2.75) is 57.8 Å². The van der Waals surface area contributed by atoms with Crippen molar-refractivity contribution in [2.24, 2.45) is 5.92 Å². The molecule has 0 radical (unpaired) electrons. The predicted molar refractivity (Wildman–Crippen MR) is 191 cm³/mol. The Bertz CT molecular complexity index is 1790. The molecule has 2 atom stereocenters. The number of rotatable bonds is 14. The van der Waals surface area contributed by atoms with E-state index in [0.29, 0.717) is 55.9 Å². The molecule has 2 unspecified atom stereocenters. The summed E-state index contributed by atoms with van der Waals surface area (Å²) in [5.74, 6) is 1.98. The lowest BCUT2D eigenvalue weighted by Gasteiger charge is -2.31. The van der Waals surface area contributed by atoms with Gasteiger partial charge in [0, 0.05) is 37.8 Å². The molecule has 256 valence electrons. The van der Waals surface area contributed by atoms with Gasteiger partial charge in [-0.25, -0.2) is 0 Å². The van der Waals surface area contributed by atoms with E-state index in [1.54, 1.807) is 24.3 Å². The first kappa shape index (κ1) is 35.4. The highest BCUT2D eigenvalue weighted by molar-refractivity contribution is 5.92. The minimum absolute atomic E-state index is 0.0426. The third-order valence-corrected chi connectivity index (χ3v) is 9.18. The van der Waals surface area contributed by atoms with Gasteiger partial charge in [-0.05, 0) is 90.6 Å². The Morgan fingerprint density at radius 2 is 1.38 bits per heavy atom. The molecule has 5 rings (SSSR count). The molecular formula is C38H42N10O2. The molecule has 3 heterocycles. The van der Waals surface area contributed by atoms with Crippen LogP contribution in [0.1, 0.15) is 79.4 Å². The van der Waals surface area contributed by atoms with Crippen molar-refractivity contribution >= 4 is 29.1 Å². The maximum atomic E-state index is 13.0. The molecule has 0 spiro atoms. The quantitative estimate of drug-likeness (QED) is 0.149. The molecule has 12 nitrogen and oxygen atoms in total. The maximum absolute atomic E-state index is 13.0. The Morgan fingerprint density at radius 1 is 0.780 bits per heavy atom. The van der Waals surface area contributed by atoms with Gasteiger partial charge in [-0.15, -0.1) is 20.4 Å². The van der Waals surface area contributed by atoms with Gasteiger partial charge in [0.2, 0.25) is 11.8 Å². The number of piperidine rings is 1. The first-order chi connectivity index (χ1) is 24.3. The first-order valence-corrected chi connectivity index (χ1v) is 17.0. The van der Waals surface area contributed by atoms with Crippen LogP contribution >= 0.6 is 0 Å². The van der Waals surface area contributed by atoms with Crippen LogP contribution in [0.15, 0.2) is 72.8 Å². The number of nitrogens with zero attached hydrogens (tertiary/aromatic N) is 7. The summed E-state index contributed by atoms with van der Waals surface area (Å²) >= 11 is 0. The van der Waals surface area contributed by atoms with Gasteiger partial charge in [0.15, 0.2) is 17.2 Å². The molecular weight excluding hydrogens is 628 g/mol. The number of hydrogen-bond acceptors (Lipinski definition) is 10. The lowest BCUT2D eigenvalue weighted by molar-refractivity contribution is -0.121. The Hall–Kier alpha value is -5.88. The third kappa shape index (κ3) is 10.1. The number of nitrogens with one attached hydrogen (secondary N) is 3. The van der Waals surface area contributed by atoms with Crippen LogP contribution in [0.5, 0.6) is 0 Å². The summed E-state index contributed by atoms with van der Waals surface area (Å²) in [5.41, 5.74) is 4.82. The molecule has 0 bridgehead atoms. The largest absolute Gasteiger partial charge is 0.367 e. The van der Waals surface area contributed by atoms with Gasteiger partial charge in [-0.2, -0.15) is 10.5 Å². The van der Waals surface area contributed by atoms with E-state index >= 15 is 0 Å². The highest BCUT2D eigenvalue weighted by Gasteiger charge is 2.26. The summed E-state index contributed by atoms with van der Waals surface area (Å²) in [6.45, 7) is 6.86. The summed E-state index contributed by atoms with van der Waals surface area (Å²) in [6.07, 6.45) is 3.84. The molecule has 12 heteroatoms. The Balaban J connectivity index is 0.989. The van der Waals surface area contributed by atoms with Crippen molar-refractivity contribution < 1.29 is 9.59 Å². The summed E-state index contributed by atoms with van der Waals surface area (Å²) < 4.78 is 0. The van der Waals surface area contributed by atoms with Crippen molar-refractivity contribution in [3.05, 3.63) is 101 Å². The number of benzene rings is 2. The van der Waals surface area contributed by atoms with Crippen LogP contribution in [-0.2, 0) is 16.0 Å². The lowest BCUT2D eigenvalue weighted by Crippen LogP contribution is -2.38. The Kier molecular flexibility index (Phi) is 12.4. The average Bonchev–Trinajstić information content (AvgIpc) is 3.16. The van der Waals surface area contributed by atoms with E-state index in [-0.39, 0.29) is 23.4 Å². The molecule has 1 aliphatic heterocycles. The molecule has 1 aliphatic rings. The molecule has 2 aromatic heterocycles. The van der Waals surface area contributed by atoms with Crippen molar-refractivity contribution in [1.82, 2.24) is 25.7 Å². The normalized spacial score (nSPS) is 14.1. The SMILES string of the molecule is CC(CCC(C)c1ccc(NC(=O)C2CCN(c3ccc(C#N)nn3)CC2)cc1)c1ccc(CC(=O)NCCNc2ccc(C#N)nn2)cc1. The summed E-state index contributed by atoms with van der Waals surface area (Å²) in [6, 6.07) is 27.1. The number of aromatic nitrogens is 4. The molecule has 2 aromatic carbocycles. The van der Waals surface area contributed by atoms with Gasteiger partial charge in [0.1, 0.15) is 18.0 Å². The van der Waals surface area contributed by atoms with E-state index in [9.17, 15) is 9.59 Å². The van der Waals surface area contributed by atoms with E-state index < -0.39 is 0 Å². The monoisotopic (exact) mass is 670 g/mol. The molecule has 0 aliphatic carbocycles. The second kappa shape index (κ2) is 17.5. The van der Waals surface area contributed by atoms with Crippen LogP contribution in [0.4, 0.5) is 17.3 Å². The third-order valence-electron chi connectivity index (χ3n) is 9.18. The van der Waals surface area contributed by atoms with Gasteiger partial charge in [-0.3, -0.25) is 9.59 Å². The highest BCUT2D eigenvalue weighted by atomic mass is 16.2. The van der Waals surface area contributed by atoms with Gasteiger partial charge in [-0.1, -0.05) is 50.2 Å². The Labute approximate surface area is 292 Å². The molecule has 50 heavy (non-hydrogen) atoms. The molecule has 1 saturated heterocycles. The number of amides is 2. The van der Waals surface area contributed by atoms with Crippen molar-refractivity contribution in [1.29, 1.82) is 10.5 Å². The maximum Gasteiger partial charge on any atom is 0.227 e. The topological polar surface area (TPSA) is 173 Å². The van der Waals surface area contributed by atoms with Crippen molar-refractivity contribution in [2.75, 3.05) is 41.7 Å². The van der Waals surface area contributed by atoms with Crippen molar-refractivity contribution in [3.63, 3.8) is 0 Å². The zero-order valence-corrected chi connectivity index (χ0v) is 28.5. The average molecular weight is 671 g/mol. The van der Waals surface area contributed by atoms with Crippen LogP contribution in [0.2, 0.25) is 0 Å². The lowest BCUT2D eigenvalue weighted by atomic mass is 9.89. The molecule has 4 aromatic rings. The zero-order valence-electron chi connectivity index (χ0n) is 28.5. The van der Waals surface area contributed by atoms with E-state index in [1.165, 1.54) is 11.1 Å². The van der Waals surface area contributed by atoms with E-state index in [2.05, 4.69) is 79.4 Å². The number of carbonyl (C=O) groups is 2. The van der Waals surface area contributed by atoms with Crippen LogP contribution in [0, 0.1) is 28.6 Å². The molecule has 3 N–H and O–H groups in total. The van der Waals surface area contributed by atoms with Crippen LogP contribution < -0.4 is 20.9 Å². The molecule has 1 fully saturated rings. The number of carbonyl (C=O) groups excluding carboxylic acids is 2. The fourth-order valence-corrected chi connectivity index (χ4v) is 5.99. The first-order valence-electron chi connectivity index (χ1n) is 17.0. The zero-order chi connectivity index (χ0) is 35.3. The van der Waals surface area contributed by atoms with Crippen LogP contribution in [0.3, 0.4) is 0 Å². The number of nitriles is 2. The Morgan fingerprint density at radius 3 is 1.94 bits per heavy atom. The molecule has 2 amide bonds. The van der Waals surface area contributed by atoms with E-state index in [1.807, 2.05) is 36.4 Å². The summed E-state index contributed by atoms with van der Waals surface area (Å²) in [5, 5.41) is 42.5. The molecule has 0 saturated carbocycles. The van der Waals surface area contributed by atoms with E-state index in [0.717, 1.165) is 42.8 Å².